The van der Waals surface area contributed by atoms with Crippen molar-refractivity contribution >= 4 is 0 Å². The molecule has 13 heavy (non-hydrogen) atoms. The smallest absolute Gasteiger partial charge is 0.119 e. The lowest BCUT2D eigenvalue weighted by Crippen LogP contribution is -2.18. The van der Waals surface area contributed by atoms with Gasteiger partial charge in [-0.3, -0.25) is 4.84 Å². The summed E-state index contributed by atoms with van der Waals surface area (Å²) >= 11 is 0. The first-order chi connectivity index (χ1) is 6.43. The van der Waals surface area contributed by atoms with Gasteiger partial charge in [0.1, 0.15) is 19.0 Å². The maximum atomic E-state index is 5.39. The third-order valence-electron chi connectivity index (χ3n) is 1.44. The van der Waals surface area contributed by atoms with Crippen LogP contribution < -0.4 is 10.2 Å². The van der Waals surface area contributed by atoms with Crippen LogP contribution in [0.15, 0.2) is 30.3 Å². The predicted octanol–water partition coefficient (Wildman–Crippen LogP) is 1.61. The van der Waals surface area contributed by atoms with Crippen LogP contribution >= 0.6 is 0 Å². The number of hydrogen-bond donors (Lipinski definition) is 1. The minimum absolute atomic E-state index is 0.558. The van der Waals surface area contributed by atoms with Crippen molar-refractivity contribution in [3.8, 4) is 5.75 Å². The fourth-order valence-corrected chi connectivity index (χ4v) is 0.892. The van der Waals surface area contributed by atoms with Gasteiger partial charge in [-0.2, -0.15) is 0 Å². The van der Waals surface area contributed by atoms with E-state index in [4.69, 9.17) is 9.57 Å². The molecule has 0 aliphatic heterocycles. The summed E-state index contributed by atoms with van der Waals surface area (Å²) in [6, 6.07) is 9.70. The van der Waals surface area contributed by atoms with Gasteiger partial charge >= 0.3 is 0 Å². The minimum atomic E-state index is 0.558. The first-order valence-electron chi connectivity index (χ1n) is 4.46. The van der Waals surface area contributed by atoms with Crippen LogP contribution in [0.25, 0.3) is 0 Å². The Kier molecular flexibility index (Phi) is 4.98. The van der Waals surface area contributed by atoms with Crippen LogP contribution in [-0.2, 0) is 4.84 Å². The second-order valence-corrected chi connectivity index (χ2v) is 2.51. The molecule has 0 fully saturated rings. The molecule has 0 unspecified atom stereocenters. The number of rotatable bonds is 6. The Bertz CT molecular complexity index is 213. The highest BCUT2D eigenvalue weighted by Gasteiger charge is 1.90. The molecule has 0 aliphatic rings. The zero-order valence-corrected chi connectivity index (χ0v) is 7.82. The summed E-state index contributed by atoms with van der Waals surface area (Å²) in [6.07, 6.45) is 0. The molecule has 1 N–H and O–H groups in total. The lowest BCUT2D eigenvalue weighted by atomic mass is 10.3. The van der Waals surface area contributed by atoms with Crippen LogP contribution in [0.2, 0.25) is 0 Å². The lowest BCUT2D eigenvalue weighted by Gasteiger charge is -2.05. The molecule has 3 nitrogen and oxygen atoms in total. The molecule has 0 saturated heterocycles. The van der Waals surface area contributed by atoms with E-state index in [2.05, 4.69) is 5.48 Å². The third-order valence-corrected chi connectivity index (χ3v) is 1.44. The van der Waals surface area contributed by atoms with Gasteiger partial charge in [-0.1, -0.05) is 25.1 Å². The highest BCUT2D eigenvalue weighted by atomic mass is 16.7. The molecule has 0 radical (unpaired) electrons. The number of benzene rings is 1. The monoisotopic (exact) mass is 181 g/mol. The van der Waals surface area contributed by atoms with Crippen LogP contribution in [0.3, 0.4) is 0 Å². The van der Waals surface area contributed by atoms with Gasteiger partial charge in [0.15, 0.2) is 0 Å². The molecule has 0 aliphatic carbocycles. The molecule has 72 valence electrons. The normalized spacial score (nSPS) is 9.92. The average molecular weight is 181 g/mol. The first kappa shape index (κ1) is 10.0. The van der Waals surface area contributed by atoms with Crippen LogP contribution in [0.4, 0.5) is 0 Å². The van der Waals surface area contributed by atoms with E-state index in [1.807, 2.05) is 37.3 Å². The second-order valence-electron chi connectivity index (χ2n) is 2.51. The Morgan fingerprint density at radius 2 is 1.92 bits per heavy atom. The largest absolute Gasteiger partial charge is 0.491 e. The van der Waals surface area contributed by atoms with Crippen LogP contribution in [0.1, 0.15) is 6.92 Å². The maximum absolute atomic E-state index is 5.39. The maximum Gasteiger partial charge on any atom is 0.119 e. The Balaban J connectivity index is 2.07. The summed E-state index contributed by atoms with van der Waals surface area (Å²) in [7, 11) is 0. The Morgan fingerprint density at radius 3 is 2.62 bits per heavy atom. The average Bonchev–Trinajstić information content (AvgIpc) is 2.19. The van der Waals surface area contributed by atoms with Crippen molar-refractivity contribution in [2.24, 2.45) is 0 Å². The van der Waals surface area contributed by atoms with Crippen molar-refractivity contribution in [1.29, 1.82) is 0 Å². The van der Waals surface area contributed by atoms with Gasteiger partial charge < -0.3 is 4.74 Å². The minimum Gasteiger partial charge on any atom is -0.491 e. The molecule has 0 bridgehead atoms. The molecule has 0 amide bonds. The summed E-state index contributed by atoms with van der Waals surface area (Å²) in [5.74, 6) is 0.877. The van der Waals surface area contributed by atoms with Crippen LogP contribution in [-0.4, -0.2) is 19.8 Å². The summed E-state index contributed by atoms with van der Waals surface area (Å²) in [4.78, 5) is 5.03. The van der Waals surface area contributed by atoms with E-state index in [1.165, 1.54) is 0 Å². The number of para-hydroxylation sites is 1. The summed E-state index contributed by atoms with van der Waals surface area (Å²) in [5, 5.41) is 0. The highest BCUT2D eigenvalue weighted by Crippen LogP contribution is 2.07. The molecule has 3 heteroatoms. The summed E-state index contributed by atoms with van der Waals surface area (Å²) < 4.78 is 5.39. The molecule has 0 spiro atoms. The second kappa shape index (κ2) is 6.46. The fourth-order valence-electron chi connectivity index (χ4n) is 0.892. The number of hydroxylamine groups is 1. The van der Waals surface area contributed by atoms with Crippen LogP contribution in [0.5, 0.6) is 5.75 Å². The zero-order chi connectivity index (χ0) is 9.36. The third kappa shape index (κ3) is 4.50. The van der Waals surface area contributed by atoms with Gasteiger partial charge in [0, 0.05) is 6.54 Å². The van der Waals surface area contributed by atoms with E-state index in [1.54, 1.807) is 0 Å². The Hall–Kier alpha value is -1.06. The Labute approximate surface area is 78.6 Å². The van der Waals surface area contributed by atoms with Crippen molar-refractivity contribution in [2.45, 2.75) is 6.92 Å². The molecule has 0 atom stereocenters. The van der Waals surface area contributed by atoms with Crippen molar-refractivity contribution in [2.75, 3.05) is 19.8 Å². The number of nitrogens with one attached hydrogen (secondary N) is 1. The lowest BCUT2D eigenvalue weighted by molar-refractivity contribution is 0.0254. The van der Waals surface area contributed by atoms with Crippen molar-refractivity contribution in [3.63, 3.8) is 0 Å². The summed E-state index contributed by atoms with van der Waals surface area (Å²) in [6.45, 7) is 3.92. The van der Waals surface area contributed by atoms with Gasteiger partial charge in [0.25, 0.3) is 0 Å². The number of hydrogen-bond acceptors (Lipinski definition) is 3. The van der Waals surface area contributed by atoms with Crippen molar-refractivity contribution in [3.05, 3.63) is 30.3 Å². The SMILES string of the molecule is CCNOCCOc1ccccc1. The highest BCUT2D eigenvalue weighted by molar-refractivity contribution is 5.20. The van der Waals surface area contributed by atoms with Crippen molar-refractivity contribution < 1.29 is 9.57 Å². The predicted molar refractivity (Wildman–Crippen MR) is 51.6 cm³/mol. The molecule has 0 saturated carbocycles. The Morgan fingerprint density at radius 1 is 1.15 bits per heavy atom. The first-order valence-corrected chi connectivity index (χ1v) is 4.46. The van der Waals surface area contributed by atoms with E-state index in [0.717, 1.165) is 12.3 Å². The molecular formula is C10H15NO2. The molecule has 1 aromatic carbocycles. The molecule has 1 rings (SSSR count). The van der Waals surface area contributed by atoms with E-state index in [-0.39, 0.29) is 0 Å². The summed E-state index contributed by atoms with van der Waals surface area (Å²) in [5.41, 5.74) is 2.75. The van der Waals surface area contributed by atoms with Crippen LogP contribution in [0, 0.1) is 0 Å². The quantitative estimate of drug-likeness (QED) is 0.534. The molecular weight excluding hydrogens is 166 g/mol. The van der Waals surface area contributed by atoms with Gasteiger partial charge in [-0.05, 0) is 12.1 Å². The van der Waals surface area contributed by atoms with E-state index in [0.29, 0.717) is 13.2 Å². The van der Waals surface area contributed by atoms with Gasteiger partial charge in [0.05, 0.1) is 0 Å². The molecule has 0 aromatic heterocycles. The standard InChI is InChI=1S/C10H15NO2/c1-2-11-13-9-8-12-10-6-4-3-5-7-10/h3-7,11H,2,8-9H2,1H3. The van der Waals surface area contributed by atoms with Gasteiger partial charge in [-0.15, -0.1) is 0 Å². The van der Waals surface area contributed by atoms with E-state index in [9.17, 15) is 0 Å². The van der Waals surface area contributed by atoms with Crippen molar-refractivity contribution in [1.82, 2.24) is 5.48 Å². The zero-order valence-electron chi connectivity index (χ0n) is 7.82. The van der Waals surface area contributed by atoms with Gasteiger partial charge in [0.2, 0.25) is 0 Å². The number of ether oxygens (including phenoxy) is 1. The van der Waals surface area contributed by atoms with E-state index >= 15 is 0 Å². The fraction of sp³-hybridized carbons (Fsp3) is 0.400. The molecule has 0 heterocycles. The van der Waals surface area contributed by atoms with E-state index < -0.39 is 0 Å². The van der Waals surface area contributed by atoms with Gasteiger partial charge in [-0.25, -0.2) is 5.48 Å². The molecule has 1 aromatic rings. The topological polar surface area (TPSA) is 30.5 Å².